The molecular formula is C17H26N2O3. The van der Waals surface area contributed by atoms with Crippen LogP contribution in [-0.4, -0.2) is 57.4 Å². The standard InChI is InChI=1S/C17H26N2O3/c1-19(2)11-16(14-7-4-3-5-8-14)18-17(20)13-21-12-15-9-6-10-22-15/h3-5,7-8,15-16H,6,9-13H2,1-2H3,(H,18,20). The van der Waals surface area contributed by atoms with Gasteiger partial charge in [-0.05, 0) is 32.5 Å². The predicted molar refractivity (Wildman–Crippen MR) is 85.7 cm³/mol. The van der Waals surface area contributed by atoms with Crippen LogP contribution in [0.25, 0.3) is 0 Å². The van der Waals surface area contributed by atoms with Crippen LogP contribution in [0.1, 0.15) is 24.4 Å². The molecule has 0 radical (unpaired) electrons. The summed E-state index contributed by atoms with van der Waals surface area (Å²) in [5.41, 5.74) is 1.10. The summed E-state index contributed by atoms with van der Waals surface area (Å²) in [6, 6.07) is 9.97. The highest BCUT2D eigenvalue weighted by Crippen LogP contribution is 2.14. The van der Waals surface area contributed by atoms with Gasteiger partial charge in [-0.25, -0.2) is 0 Å². The molecule has 1 amide bonds. The minimum atomic E-state index is -0.0892. The molecule has 0 aromatic heterocycles. The second-order valence-electron chi connectivity index (χ2n) is 5.94. The van der Waals surface area contributed by atoms with Crippen LogP contribution >= 0.6 is 0 Å². The van der Waals surface area contributed by atoms with Gasteiger partial charge in [0.25, 0.3) is 0 Å². The summed E-state index contributed by atoms with van der Waals surface area (Å²) in [4.78, 5) is 14.1. The minimum absolute atomic E-state index is 0.0324. The second kappa shape index (κ2) is 8.88. The van der Waals surface area contributed by atoms with Crippen molar-refractivity contribution in [2.24, 2.45) is 0 Å². The summed E-state index contributed by atoms with van der Waals surface area (Å²) in [5, 5.41) is 3.04. The second-order valence-corrected chi connectivity index (χ2v) is 5.94. The van der Waals surface area contributed by atoms with Crippen LogP contribution in [0.3, 0.4) is 0 Å². The van der Waals surface area contributed by atoms with Crippen LogP contribution in [0, 0.1) is 0 Å². The maximum atomic E-state index is 12.1. The highest BCUT2D eigenvalue weighted by molar-refractivity contribution is 5.77. The number of nitrogens with one attached hydrogen (secondary N) is 1. The molecule has 122 valence electrons. The van der Waals surface area contributed by atoms with E-state index in [2.05, 4.69) is 10.2 Å². The molecule has 1 heterocycles. The van der Waals surface area contributed by atoms with Gasteiger partial charge in [0.1, 0.15) is 6.61 Å². The largest absolute Gasteiger partial charge is 0.376 e. The van der Waals surface area contributed by atoms with Gasteiger partial charge < -0.3 is 19.7 Å². The van der Waals surface area contributed by atoms with E-state index in [-0.39, 0.29) is 24.7 Å². The number of nitrogens with zero attached hydrogens (tertiary/aromatic N) is 1. The first-order chi connectivity index (χ1) is 10.6. The SMILES string of the molecule is CN(C)CC(NC(=O)COCC1CCCO1)c1ccccc1. The lowest BCUT2D eigenvalue weighted by atomic mass is 10.1. The molecule has 2 unspecified atom stereocenters. The predicted octanol–water partition coefficient (Wildman–Crippen LogP) is 1.60. The molecule has 5 nitrogen and oxygen atoms in total. The van der Waals surface area contributed by atoms with Crippen LogP contribution in [0.4, 0.5) is 0 Å². The van der Waals surface area contributed by atoms with Gasteiger partial charge in [-0.3, -0.25) is 4.79 Å². The number of hydrogen-bond acceptors (Lipinski definition) is 4. The average molecular weight is 306 g/mol. The van der Waals surface area contributed by atoms with Gasteiger partial charge >= 0.3 is 0 Å². The van der Waals surface area contributed by atoms with Gasteiger partial charge in [0.2, 0.25) is 5.91 Å². The first-order valence-electron chi connectivity index (χ1n) is 7.83. The molecule has 1 aromatic carbocycles. The van der Waals surface area contributed by atoms with Crippen molar-refractivity contribution in [2.45, 2.75) is 25.0 Å². The quantitative estimate of drug-likeness (QED) is 0.792. The van der Waals surface area contributed by atoms with Crippen LogP contribution < -0.4 is 5.32 Å². The van der Waals surface area contributed by atoms with E-state index < -0.39 is 0 Å². The molecule has 1 N–H and O–H groups in total. The summed E-state index contributed by atoms with van der Waals surface area (Å²) >= 11 is 0. The maximum absolute atomic E-state index is 12.1. The molecule has 5 heteroatoms. The lowest BCUT2D eigenvalue weighted by Gasteiger charge is -2.23. The van der Waals surface area contributed by atoms with Crippen molar-refractivity contribution in [1.82, 2.24) is 10.2 Å². The third-order valence-electron chi connectivity index (χ3n) is 3.65. The van der Waals surface area contributed by atoms with Gasteiger partial charge in [0, 0.05) is 13.2 Å². The zero-order chi connectivity index (χ0) is 15.8. The molecule has 0 bridgehead atoms. The summed E-state index contributed by atoms with van der Waals surface area (Å²) in [6.07, 6.45) is 2.26. The van der Waals surface area contributed by atoms with E-state index in [0.717, 1.165) is 31.6 Å². The van der Waals surface area contributed by atoms with Crippen molar-refractivity contribution in [3.05, 3.63) is 35.9 Å². The topological polar surface area (TPSA) is 50.8 Å². The van der Waals surface area contributed by atoms with Crippen molar-refractivity contribution in [3.8, 4) is 0 Å². The van der Waals surface area contributed by atoms with Gasteiger partial charge in [0.05, 0.1) is 18.8 Å². The molecular weight excluding hydrogens is 280 g/mol. The highest BCUT2D eigenvalue weighted by Gasteiger charge is 2.18. The maximum Gasteiger partial charge on any atom is 0.246 e. The normalized spacial score (nSPS) is 19.3. The number of rotatable bonds is 8. The van der Waals surface area contributed by atoms with E-state index in [1.807, 2.05) is 44.4 Å². The Morgan fingerprint density at radius 3 is 2.82 bits per heavy atom. The molecule has 1 saturated heterocycles. The monoisotopic (exact) mass is 306 g/mol. The number of hydrogen-bond donors (Lipinski definition) is 1. The van der Waals surface area contributed by atoms with Crippen LogP contribution in [-0.2, 0) is 14.3 Å². The number of likely N-dealkylation sites (N-methyl/N-ethyl adjacent to an activating group) is 1. The first kappa shape index (κ1) is 16.9. The molecule has 2 rings (SSSR count). The van der Waals surface area contributed by atoms with E-state index in [1.54, 1.807) is 0 Å². The van der Waals surface area contributed by atoms with Crippen molar-refractivity contribution in [3.63, 3.8) is 0 Å². The Labute approximate surface area is 132 Å². The number of carbonyl (C=O) groups excluding carboxylic acids is 1. The van der Waals surface area contributed by atoms with Gasteiger partial charge in [0.15, 0.2) is 0 Å². The van der Waals surface area contributed by atoms with E-state index in [9.17, 15) is 4.79 Å². The van der Waals surface area contributed by atoms with Gasteiger partial charge in [-0.1, -0.05) is 30.3 Å². The van der Waals surface area contributed by atoms with E-state index in [1.165, 1.54) is 0 Å². The Bertz CT molecular complexity index is 444. The van der Waals surface area contributed by atoms with E-state index in [4.69, 9.17) is 9.47 Å². The minimum Gasteiger partial charge on any atom is -0.376 e. The molecule has 0 saturated carbocycles. The van der Waals surface area contributed by atoms with Crippen LogP contribution in [0.2, 0.25) is 0 Å². The fraction of sp³-hybridized carbons (Fsp3) is 0.588. The third-order valence-corrected chi connectivity index (χ3v) is 3.65. The van der Waals surface area contributed by atoms with Crippen LogP contribution in [0.5, 0.6) is 0 Å². The molecule has 0 aliphatic carbocycles. The van der Waals surface area contributed by atoms with Gasteiger partial charge in [-0.15, -0.1) is 0 Å². The Balaban J connectivity index is 1.79. The summed E-state index contributed by atoms with van der Waals surface area (Å²) < 4.78 is 10.9. The molecule has 2 atom stereocenters. The smallest absolute Gasteiger partial charge is 0.246 e. The number of carbonyl (C=O) groups is 1. The Hall–Kier alpha value is -1.43. The first-order valence-corrected chi connectivity index (χ1v) is 7.83. The molecule has 1 fully saturated rings. The fourth-order valence-corrected chi connectivity index (χ4v) is 2.58. The highest BCUT2D eigenvalue weighted by atomic mass is 16.5. The Morgan fingerprint density at radius 2 is 2.18 bits per heavy atom. The molecule has 1 aromatic rings. The summed E-state index contributed by atoms with van der Waals surface area (Å²) in [5.74, 6) is -0.0892. The van der Waals surface area contributed by atoms with Crippen molar-refractivity contribution in [2.75, 3.05) is 40.5 Å². The Kier molecular flexibility index (Phi) is 6.83. The molecule has 0 spiro atoms. The molecule has 1 aliphatic rings. The van der Waals surface area contributed by atoms with Crippen molar-refractivity contribution >= 4 is 5.91 Å². The van der Waals surface area contributed by atoms with Crippen LogP contribution in [0.15, 0.2) is 30.3 Å². The molecule has 22 heavy (non-hydrogen) atoms. The van der Waals surface area contributed by atoms with E-state index in [0.29, 0.717) is 6.61 Å². The fourth-order valence-electron chi connectivity index (χ4n) is 2.58. The lowest BCUT2D eigenvalue weighted by molar-refractivity contribution is -0.127. The lowest BCUT2D eigenvalue weighted by Crippen LogP contribution is -2.37. The zero-order valence-corrected chi connectivity index (χ0v) is 13.5. The third kappa shape index (κ3) is 5.75. The van der Waals surface area contributed by atoms with Gasteiger partial charge in [-0.2, -0.15) is 0 Å². The number of benzene rings is 1. The van der Waals surface area contributed by atoms with Crippen molar-refractivity contribution < 1.29 is 14.3 Å². The van der Waals surface area contributed by atoms with Crippen molar-refractivity contribution in [1.29, 1.82) is 0 Å². The molecule has 1 aliphatic heterocycles. The average Bonchev–Trinajstić information content (AvgIpc) is 3.00. The number of amides is 1. The number of ether oxygens (including phenoxy) is 2. The zero-order valence-electron chi connectivity index (χ0n) is 13.5. The summed E-state index contributed by atoms with van der Waals surface area (Å²) in [7, 11) is 3.99. The summed E-state index contributed by atoms with van der Waals surface area (Å²) in [6.45, 7) is 2.13. The van der Waals surface area contributed by atoms with E-state index >= 15 is 0 Å². The Morgan fingerprint density at radius 1 is 1.41 bits per heavy atom.